The fourth-order valence-electron chi connectivity index (χ4n) is 0.683. The minimum atomic E-state index is -6.39. The Hall–Kier alpha value is -0.720. The molecule has 0 saturated heterocycles. The molecule has 1 unspecified atom stereocenters. The molecule has 1 N–H and O–H groups in total. The van der Waals surface area contributed by atoms with Gasteiger partial charge < -0.3 is 4.74 Å². The van der Waals surface area contributed by atoms with E-state index < -0.39 is 41.7 Å². The third-order valence-corrected chi connectivity index (χ3v) is 2.26. The second-order valence-electron chi connectivity index (χ2n) is 2.61. The molecule has 0 heterocycles. The summed E-state index contributed by atoms with van der Waals surface area (Å²) in [6.07, 6.45) is -6.39. The van der Waals surface area contributed by atoms with Gasteiger partial charge in [-0.2, -0.15) is 22.0 Å². The molecule has 0 aromatic rings. The van der Waals surface area contributed by atoms with Gasteiger partial charge in [0, 0.05) is 0 Å². The Labute approximate surface area is 100 Å². The van der Waals surface area contributed by atoms with E-state index in [9.17, 15) is 31.1 Å². The summed E-state index contributed by atoms with van der Waals surface area (Å²) in [6.45, 7) is 0.400. The molecule has 0 fully saturated rings. The molecule has 0 bridgehead atoms. The molecule has 0 aliphatic carbocycles. The average Bonchev–Trinajstić information content (AvgIpc) is 2.24. The maximum atomic E-state index is 13.5. The molecule has 0 spiro atoms. The van der Waals surface area contributed by atoms with Crippen LogP contribution in [0.25, 0.3) is 0 Å². The van der Waals surface area contributed by atoms with Gasteiger partial charge in [0.2, 0.25) is 0 Å². The Bertz CT molecular complexity index is 297. The van der Waals surface area contributed by atoms with Gasteiger partial charge in [-0.15, -0.1) is 4.33 Å². The first-order valence-electron chi connectivity index (χ1n) is 4.01. The van der Waals surface area contributed by atoms with E-state index in [0.717, 1.165) is 6.92 Å². The van der Waals surface area contributed by atoms with Crippen LogP contribution in [0, 0.1) is 0 Å². The quantitative estimate of drug-likeness (QED) is 0.267. The van der Waals surface area contributed by atoms with Crippen LogP contribution in [-0.2, 0) is 18.9 Å². The Morgan fingerprint density at radius 3 is 2.06 bits per heavy atom. The molecular formula is C6H6F6O5S. The maximum absolute atomic E-state index is 13.5. The molecule has 12 heteroatoms. The maximum Gasteiger partial charge on any atom is 0.458 e. The molecule has 1 atom stereocenters. The first-order valence-corrected chi connectivity index (χ1v) is 4.75. The Morgan fingerprint density at radius 2 is 1.72 bits per heavy atom. The van der Waals surface area contributed by atoms with Crippen molar-refractivity contribution in [2.45, 2.75) is 24.0 Å². The van der Waals surface area contributed by atoms with E-state index in [2.05, 4.69) is 14.1 Å². The van der Waals surface area contributed by atoms with Crippen molar-refractivity contribution in [3.8, 4) is 0 Å². The van der Waals surface area contributed by atoms with Crippen LogP contribution in [0.4, 0.5) is 26.3 Å². The van der Waals surface area contributed by atoms with Crippen molar-refractivity contribution in [2.75, 3.05) is 6.61 Å². The van der Waals surface area contributed by atoms with Crippen molar-refractivity contribution in [3.63, 3.8) is 0 Å². The van der Waals surface area contributed by atoms with Crippen LogP contribution in [-0.4, -0.2) is 34.9 Å². The third-order valence-electron chi connectivity index (χ3n) is 1.48. The van der Waals surface area contributed by atoms with E-state index >= 15 is 0 Å². The SMILES string of the molecule is CCOC(=O)C(F)(SOOO)C(F)(F)C(F)(F)F. The van der Waals surface area contributed by atoms with Crippen LogP contribution in [0.1, 0.15) is 6.92 Å². The van der Waals surface area contributed by atoms with Gasteiger partial charge in [0.25, 0.3) is 0 Å². The highest BCUT2D eigenvalue weighted by Gasteiger charge is 2.77. The second kappa shape index (κ2) is 5.95. The summed E-state index contributed by atoms with van der Waals surface area (Å²) in [5.41, 5.74) is 0. The van der Waals surface area contributed by atoms with Gasteiger partial charge >= 0.3 is 23.1 Å². The lowest BCUT2D eigenvalue weighted by Gasteiger charge is -2.29. The number of alkyl halides is 6. The van der Waals surface area contributed by atoms with Gasteiger partial charge in [-0.3, -0.25) is 0 Å². The normalized spacial score (nSPS) is 16.2. The van der Waals surface area contributed by atoms with Gasteiger partial charge in [-0.1, -0.05) is 5.04 Å². The Balaban J connectivity index is 5.39. The van der Waals surface area contributed by atoms with Crippen molar-refractivity contribution in [2.24, 2.45) is 0 Å². The number of hydrogen-bond acceptors (Lipinski definition) is 6. The van der Waals surface area contributed by atoms with Gasteiger partial charge in [-0.25, -0.2) is 14.4 Å². The molecule has 0 aliphatic heterocycles. The number of rotatable bonds is 6. The first-order chi connectivity index (χ1) is 8.04. The molecule has 108 valence electrons. The summed E-state index contributed by atoms with van der Waals surface area (Å²) in [5, 5.41) is 5.34. The molecule has 0 amide bonds. The molecule has 5 nitrogen and oxygen atoms in total. The fourth-order valence-corrected chi connectivity index (χ4v) is 1.15. The molecule has 18 heavy (non-hydrogen) atoms. The van der Waals surface area contributed by atoms with Gasteiger partial charge in [0.15, 0.2) is 0 Å². The predicted octanol–water partition coefficient (Wildman–Crippen LogP) is 2.48. The van der Waals surface area contributed by atoms with E-state index in [0.29, 0.717) is 0 Å². The topological polar surface area (TPSA) is 65.0 Å². The number of ether oxygens (including phenoxy) is 1. The predicted molar refractivity (Wildman–Crippen MR) is 43.9 cm³/mol. The van der Waals surface area contributed by atoms with E-state index in [1.165, 1.54) is 0 Å². The number of carbonyl (C=O) groups is 1. The average molecular weight is 304 g/mol. The Kier molecular flexibility index (Phi) is 5.71. The second-order valence-corrected chi connectivity index (χ2v) is 3.48. The zero-order valence-electron chi connectivity index (χ0n) is 8.46. The van der Waals surface area contributed by atoms with Gasteiger partial charge in [0.1, 0.15) is 0 Å². The van der Waals surface area contributed by atoms with Crippen LogP contribution in [0.5, 0.6) is 0 Å². The molecule has 0 aromatic heterocycles. The fraction of sp³-hybridized carbons (Fsp3) is 0.833. The van der Waals surface area contributed by atoms with Crippen LogP contribution in [0.3, 0.4) is 0 Å². The Morgan fingerprint density at radius 1 is 1.22 bits per heavy atom. The highest BCUT2D eigenvalue weighted by atomic mass is 32.2. The summed E-state index contributed by atoms with van der Waals surface area (Å²) in [6, 6.07) is 0. The van der Waals surface area contributed by atoms with Crippen LogP contribution in [0.15, 0.2) is 0 Å². The van der Waals surface area contributed by atoms with E-state index in [1.54, 1.807) is 0 Å². The highest BCUT2D eigenvalue weighted by Crippen LogP contribution is 2.51. The number of hydrogen-bond donors (Lipinski definition) is 1. The van der Waals surface area contributed by atoms with Gasteiger partial charge in [0.05, 0.1) is 18.6 Å². The smallest absolute Gasteiger partial charge is 0.458 e. The minimum absolute atomic E-state index is 0.654. The monoisotopic (exact) mass is 304 g/mol. The summed E-state index contributed by atoms with van der Waals surface area (Å²) in [7, 11) is 0. The number of esters is 1. The van der Waals surface area contributed by atoms with Crippen molar-refractivity contribution in [3.05, 3.63) is 0 Å². The molecule has 0 saturated carbocycles. The lowest BCUT2D eigenvalue weighted by atomic mass is 10.2. The van der Waals surface area contributed by atoms with Crippen LogP contribution < -0.4 is 0 Å². The van der Waals surface area contributed by atoms with Crippen LogP contribution >= 0.6 is 12.0 Å². The van der Waals surface area contributed by atoms with Crippen molar-refractivity contribution in [1.82, 2.24) is 0 Å². The molecule has 0 aromatic carbocycles. The minimum Gasteiger partial charge on any atom is -0.463 e. The first kappa shape index (κ1) is 17.3. The summed E-state index contributed by atoms with van der Waals surface area (Å²) in [5.74, 6) is -8.66. The standard InChI is InChI=1S/C6H6F6O5S/c1-2-15-3(13)4(7,18-17-16-14)5(8,9)6(10,11)12/h14H,2H2,1H3. The summed E-state index contributed by atoms with van der Waals surface area (Å²) < 4.78 is 82.1. The van der Waals surface area contributed by atoms with E-state index in [-0.39, 0.29) is 0 Å². The zero-order valence-corrected chi connectivity index (χ0v) is 9.28. The number of halogens is 6. The number of carbonyl (C=O) groups excluding carboxylic acids is 1. The highest BCUT2D eigenvalue weighted by molar-refractivity contribution is 7.96. The van der Waals surface area contributed by atoms with Crippen molar-refractivity contribution < 1.29 is 50.5 Å². The summed E-state index contributed by atoms with van der Waals surface area (Å²) >= 11 is -1.38. The van der Waals surface area contributed by atoms with E-state index in [1.807, 2.05) is 0 Å². The molecular weight excluding hydrogens is 298 g/mol. The molecule has 0 rings (SSSR count). The van der Waals surface area contributed by atoms with E-state index in [4.69, 9.17) is 5.26 Å². The lowest BCUT2D eigenvalue weighted by molar-refractivity contribution is -0.434. The third kappa shape index (κ3) is 3.18. The largest absolute Gasteiger partial charge is 0.463 e. The van der Waals surface area contributed by atoms with Crippen molar-refractivity contribution >= 4 is 18.0 Å². The summed E-state index contributed by atoms with van der Waals surface area (Å²) in [4.78, 5) is 10.8. The van der Waals surface area contributed by atoms with Gasteiger partial charge in [-0.05, 0) is 6.92 Å². The zero-order chi connectivity index (χ0) is 14.6. The molecule has 0 aliphatic rings. The van der Waals surface area contributed by atoms with Crippen molar-refractivity contribution in [1.29, 1.82) is 0 Å². The molecule has 0 radical (unpaired) electrons. The lowest BCUT2D eigenvalue weighted by Crippen LogP contribution is -2.57. The van der Waals surface area contributed by atoms with Crippen LogP contribution in [0.2, 0.25) is 0 Å².